The molecule has 2 heterocycles. The molecule has 0 aliphatic heterocycles. The lowest BCUT2D eigenvalue weighted by molar-refractivity contribution is 0.315. The standard InChI is InChI=1S/C10H6N2OS/c1-3-7(9-5-2-6-14-9)10-8(4-1)11-13-12-10/h1-6H. The first-order valence-corrected chi connectivity index (χ1v) is 5.08. The SMILES string of the molecule is c1csc(-c2cccc3nonc23)c1. The van der Waals surface area contributed by atoms with Crippen molar-refractivity contribution in [2.24, 2.45) is 0 Å². The summed E-state index contributed by atoms with van der Waals surface area (Å²) in [6.07, 6.45) is 0. The fourth-order valence-corrected chi connectivity index (χ4v) is 2.19. The van der Waals surface area contributed by atoms with E-state index in [-0.39, 0.29) is 0 Å². The van der Waals surface area contributed by atoms with Gasteiger partial charge in [0.15, 0.2) is 0 Å². The van der Waals surface area contributed by atoms with Gasteiger partial charge in [-0.1, -0.05) is 18.2 Å². The summed E-state index contributed by atoms with van der Waals surface area (Å²) in [5.41, 5.74) is 2.71. The van der Waals surface area contributed by atoms with Crippen LogP contribution in [0.25, 0.3) is 21.5 Å². The summed E-state index contributed by atoms with van der Waals surface area (Å²) in [5, 5.41) is 9.75. The van der Waals surface area contributed by atoms with E-state index >= 15 is 0 Å². The Hall–Kier alpha value is -1.68. The van der Waals surface area contributed by atoms with Crippen molar-refractivity contribution in [2.75, 3.05) is 0 Å². The molecular weight excluding hydrogens is 196 g/mol. The predicted molar refractivity (Wildman–Crippen MR) is 55.1 cm³/mol. The highest BCUT2D eigenvalue weighted by atomic mass is 32.1. The Bertz CT molecular complexity index is 556. The van der Waals surface area contributed by atoms with Crippen LogP contribution in [0.2, 0.25) is 0 Å². The van der Waals surface area contributed by atoms with Gasteiger partial charge in [0.05, 0.1) is 0 Å². The summed E-state index contributed by atoms with van der Waals surface area (Å²) in [4.78, 5) is 1.19. The molecule has 0 spiro atoms. The number of aromatic nitrogens is 2. The highest BCUT2D eigenvalue weighted by Crippen LogP contribution is 2.29. The van der Waals surface area contributed by atoms with Gasteiger partial charge in [-0.3, -0.25) is 0 Å². The zero-order valence-corrected chi connectivity index (χ0v) is 7.99. The fraction of sp³-hybridized carbons (Fsp3) is 0. The second-order valence-electron chi connectivity index (χ2n) is 2.91. The summed E-state index contributed by atoms with van der Waals surface area (Å²) < 4.78 is 4.71. The Morgan fingerprint density at radius 3 is 2.93 bits per heavy atom. The molecule has 3 aromatic rings. The van der Waals surface area contributed by atoms with E-state index in [1.165, 1.54) is 4.88 Å². The average molecular weight is 202 g/mol. The molecule has 0 amide bonds. The number of nitrogens with zero attached hydrogens (tertiary/aromatic N) is 2. The number of thiophene rings is 1. The van der Waals surface area contributed by atoms with E-state index in [1.54, 1.807) is 11.3 Å². The monoisotopic (exact) mass is 202 g/mol. The summed E-state index contributed by atoms with van der Waals surface area (Å²) >= 11 is 1.68. The minimum Gasteiger partial charge on any atom is -0.243 e. The lowest BCUT2D eigenvalue weighted by atomic mass is 10.1. The largest absolute Gasteiger partial charge is 0.243 e. The van der Waals surface area contributed by atoms with Crippen LogP contribution in [0, 0.1) is 0 Å². The molecule has 1 aromatic carbocycles. The third-order valence-electron chi connectivity index (χ3n) is 2.07. The molecule has 4 heteroatoms. The van der Waals surface area contributed by atoms with Gasteiger partial charge >= 0.3 is 0 Å². The third-order valence-corrected chi connectivity index (χ3v) is 2.98. The van der Waals surface area contributed by atoms with E-state index in [0.717, 1.165) is 16.6 Å². The molecule has 0 bridgehead atoms. The van der Waals surface area contributed by atoms with Crippen LogP contribution >= 0.6 is 11.3 Å². The van der Waals surface area contributed by atoms with Crippen molar-refractivity contribution in [1.82, 2.24) is 10.3 Å². The first-order chi connectivity index (χ1) is 6.95. The zero-order chi connectivity index (χ0) is 9.38. The minimum atomic E-state index is 0.802. The maximum Gasteiger partial charge on any atom is 0.143 e. The molecule has 3 rings (SSSR count). The summed E-state index contributed by atoms with van der Waals surface area (Å²) in [5.74, 6) is 0. The van der Waals surface area contributed by atoms with Gasteiger partial charge in [-0.2, -0.15) is 0 Å². The van der Waals surface area contributed by atoms with Crippen molar-refractivity contribution in [3.63, 3.8) is 0 Å². The molecule has 0 radical (unpaired) electrons. The Labute approximate surface area is 83.9 Å². The third kappa shape index (κ3) is 1.04. The van der Waals surface area contributed by atoms with Crippen LogP contribution in [-0.4, -0.2) is 10.3 Å². The first-order valence-electron chi connectivity index (χ1n) is 4.20. The lowest BCUT2D eigenvalue weighted by Gasteiger charge is -1.95. The van der Waals surface area contributed by atoms with E-state index < -0.39 is 0 Å². The van der Waals surface area contributed by atoms with E-state index in [4.69, 9.17) is 4.63 Å². The molecule has 0 fully saturated rings. The van der Waals surface area contributed by atoms with Gasteiger partial charge in [-0.15, -0.1) is 11.3 Å². The molecule has 2 aromatic heterocycles. The minimum absolute atomic E-state index is 0.802. The van der Waals surface area contributed by atoms with E-state index in [9.17, 15) is 0 Å². The predicted octanol–water partition coefficient (Wildman–Crippen LogP) is 2.95. The zero-order valence-electron chi connectivity index (χ0n) is 7.18. The van der Waals surface area contributed by atoms with Crippen LogP contribution in [0.15, 0.2) is 40.3 Å². The Morgan fingerprint density at radius 2 is 2.07 bits per heavy atom. The summed E-state index contributed by atoms with van der Waals surface area (Å²) in [7, 11) is 0. The number of rotatable bonds is 1. The number of fused-ring (bicyclic) bond motifs is 1. The van der Waals surface area contributed by atoms with E-state index in [2.05, 4.69) is 16.4 Å². The summed E-state index contributed by atoms with van der Waals surface area (Å²) in [6, 6.07) is 9.96. The van der Waals surface area contributed by atoms with E-state index in [1.807, 2.05) is 29.6 Å². The van der Waals surface area contributed by atoms with Crippen LogP contribution in [0.3, 0.4) is 0 Å². The fourth-order valence-electron chi connectivity index (χ4n) is 1.44. The quantitative estimate of drug-likeness (QED) is 0.609. The maximum atomic E-state index is 4.71. The molecule has 0 atom stereocenters. The van der Waals surface area contributed by atoms with Crippen molar-refractivity contribution in [3.05, 3.63) is 35.7 Å². The number of benzene rings is 1. The molecule has 68 valence electrons. The van der Waals surface area contributed by atoms with Gasteiger partial charge in [0.25, 0.3) is 0 Å². The second-order valence-corrected chi connectivity index (χ2v) is 3.86. The van der Waals surface area contributed by atoms with Crippen LogP contribution in [0.4, 0.5) is 0 Å². The molecule has 14 heavy (non-hydrogen) atoms. The van der Waals surface area contributed by atoms with Crippen molar-refractivity contribution in [2.45, 2.75) is 0 Å². The summed E-state index contributed by atoms with van der Waals surface area (Å²) in [6.45, 7) is 0. The molecule has 0 saturated heterocycles. The average Bonchev–Trinajstić information content (AvgIpc) is 2.88. The number of hydrogen-bond acceptors (Lipinski definition) is 4. The molecule has 0 N–H and O–H groups in total. The molecule has 0 aliphatic carbocycles. The van der Waals surface area contributed by atoms with Gasteiger partial charge in [0.2, 0.25) is 0 Å². The van der Waals surface area contributed by atoms with Gasteiger partial charge in [0, 0.05) is 10.4 Å². The Balaban J connectivity index is 2.36. The van der Waals surface area contributed by atoms with Crippen molar-refractivity contribution in [3.8, 4) is 10.4 Å². The van der Waals surface area contributed by atoms with Gasteiger partial charge in [-0.05, 0) is 27.8 Å². The molecular formula is C10H6N2OS. The topological polar surface area (TPSA) is 38.9 Å². The lowest BCUT2D eigenvalue weighted by Crippen LogP contribution is -1.75. The molecule has 3 nitrogen and oxygen atoms in total. The van der Waals surface area contributed by atoms with E-state index in [0.29, 0.717) is 0 Å². The molecule has 0 unspecified atom stereocenters. The molecule has 0 aliphatic rings. The molecule has 0 saturated carbocycles. The van der Waals surface area contributed by atoms with Gasteiger partial charge in [-0.25, -0.2) is 4.63 Å². The van der Waals surface area contributed by atoms with Crippen molar-refractivity contribution < 1.29 is 4.63 Å². The van der Waals surface area contributed by atoms with Crippen molar-refractivity contribution >= 4 is 22.4 Å². The van der Waals surface area contributed by atoms with Crippen LogP contribution in [-0.2, 0) is 0 Å². The van der Waals surface area contributed by atoms with Gasteiger partial charge < -0.3 is 0 Å². The normalized spacial score (nSPS) is 10.9. The number of hydrogen-bond donors (Lipinski definition) is 0. The first kappa shape index (κ1) is 7.70. The van der Waals surface area contributed by atoms with Crippen LogP contribution in [0.5, 0.6) is 0 Å². The highest BCUT2D eigenvalue weighted by Gasteiger charge is 2.08. The van der Waals surface area contributed by atoms with Crippen molar-refractivity contribution in [1.29, 1.82) is 0 Å². The van der Waals surface area contributed by atoms with Crippen LogP contribution in [0.1, 0.15) is 0 Å². The highest BCUT2D eigenvalue weighted by molar-refractivity contribution is 7.13. The second kappa shape index (κ2) is 2.92. The Morgan fingerprint density at radius 1 is 1.07 bits per heavy atom. The van der Waals surface area contributed by atoms with Gasteiger partial charge in [0.1, 0.15) is 11.0 Å². The maximum absolute atomic E-state index is 4.71. The van der Waals surface area contributed by atoms with Crippen LogP contribution < -0.4 is 0 Å². The smallest absolute Gasteiger partial charge is 0.143 e. The Kier molecular flexibility index (Phi) is 1.61.